The summed E-state index contributed by atoms with van der Waals surface area (Å²) in [6, 6.07) is 1.98. The molecule has 6 heteroatoms. The van der Waals surface area contributed by atoms with Gasteiger partial charge >= 0.3 is 0 Å². The van der Waals surface area contributed by atoms with Crippen molar-refractivity contribution in [3.63, 3.8) is 0 Å². The van der Waals surface area contributed by atoms with Gasteiger partial charge in [0, 0.05) is 6.92 Å². The molecule has 1 rings (SSSR count). The van der Waals surface area contributed by atoms with Gasteiger partial charge in [0.2, 0.25) is 5.91 Å². The zero-order valence-corrected chi connectivity index (χ0v) is 13.7. The molecule has 0 saturated carbocycles. The molecule has 2 N–H and O–H groups in total. The fourth-order valence-corrected chi connectivity index (χ4v) is 2.39. The molecular formula is C15H27N4O2+. The highest BCUT2D eigenvalue weighted by molar-refractivity contribution is 5.81. The number of nitriles is 1. The lowest BCUT2D eigenvalue weighted by molar-refractivity contribution is -0.918. The first-order valence-electron chi connectivity index (χ1n) is 7.54. The molecular weight excluding hydrogens is 268 g/mol. The van der Waals surface area contributed by atoms with E-state index in [0.29, 0.717) is 13.1 Å². The summed E-state index contributed by atoms with van der Waals surface area (Å²) in [4.78, 5) is 26.7. The van der Waals surface area contributed by atoms with Crippen molar-refractivity contribution in [3.8, 4) is 6.07 Å². The largest absolute Gasteiger partial charge is 0.333 e. The minimum atomic E-state index is -0.841. The molecule has 1 saturated heterocycles. The summed E-state index contributed by atoms with van der Waals surface area (Å²) in [6.45, 7) is 11.9. The maximum atomic E-state index is 12.4. The Bertz CT molecular complexity index is 435. The molecule has 0 radical (unpaired) electrons. The molecule has 0 spiro atoms. The van der Waals surface area contributed by atoms with Crippen molar-refractivity contribution in [1.29, 1.82) is 5.26 Å². The maximum absolute atomic E-state index is 12.4. The van der Waals surface area contributed by atoms with Crippen molar-refractivity contribution in [2.75, 3.05) is 26.2 Å². The van der Waals surface area contributed by atoms with E-state index in [1.165, 1.54) is 0 Å². The van der Waals surface area contributed by atoms with Crippen molar-refractivity contribution >= 4 is 11.8 Å². The van der Waals surface area contributed by atoms with E-state index in [1.54, 1.807) is 13.8 Å². The third kappa shape index (κ3) is 4.18. The summed E-state index contributed by atoms with van der Waals surface area (Å²) in [5.74, 6) is 0.0326. The Hall–Kier alpha value is -1.61. The molecule has 6 nitrogen and oxygen atoms in total. The highest BCUT2D eigenvalue weighted by Crippen LogP contribution is 2.14. The number of carbonyl (C=O) groups excluding carboxylic acids is 2. The first kappa shape index (κ1) is 17.4. The van der Waals surface area contributed by atoms with Gasteiger partial charge in [-0.2, -0.15) is 5.26 Å². The molecule has 1 fully saturated rings. The van der Waals surface area contributed by atoms with Gasteiger partial charge in [-0.25, -0.2) is 0 Å². The number of piperazine rings is 1. The van der Waals surface area contributed by atoms with Crippen LogP contribution >= 0.6 is 0 Å². The Balaban J connectivity index is 2.60. The van der Waals surface area contributed by atoms with Crippen molar-refractivity contribution in [3.05, 3.63) is 0 Å². The quantitative estimate of drug-likeness (QED) is 0.711. The van der Waals surface area contributed by atoms with Crippen LogP contribution in [0.1, 0.15) is 34.6 Å². The maximum Gasteiger partial charge on any atom is 0.279 e. The normalized spacial score (nSPS) is 20.5. The zero-order chi connectivity index (χ0) is 16.2. The van der Waals surface area contributed by atoms with Crippen LogP contribution in [0.15, 0.2) is 0 Å². The number of hydrogen-bond acceptors (Lipinski definition) is 3. The third-order valence-corrected chi connectivity index (χ3v) is 4.63. The van der Waals surface area contributed by atoms with E-state index in [9.17, 15) is 14.9 Å². The first-order chi connectivity index (χ1) is 9.71. The lowest BCUT2D eigenvalue weighted by Gasteiger charge is -2.36. The molecule has 1 aliphatic heterocycles. The molecule has 0 unspecified atom stereocenters. The Morgan fingerprint density at radius 1 is 1.29 bits per heavy atom. The molecule has 0 aromatic heterocycles. The van der Waals surface area contributed by atoms with Gasteiger partial charge in [0.15, 0.2) is 6.04 Å². The van der Waals surface area contributed by atoms with E-state index in [0.717, 1.165) is 18.0 Å². The zero-order valence-electron chi connectivity index (χ0n) is 13.7. The Morgan fingerprint density at radius 2 is 1.81 bits per heavy atom. The standard InChI is InChI=1S/C15H26N4O2/c1-11(2)15(5,10-16)17-14(21)12(3)18-6-8-19(9-7-18)13(4)20/h11-12H,6-9H2,1-5H3,(H,17,21)/p+1/t12-,15+/m1/s1. The average Bonchev–Trinajstić information content (AvgIpc) is 2.46. The van der Waals surface area contributed by atoms with E-state index >= 15 is 0 Å². The van der Waals surface area contributed by atoms with Gasteiger partial charge in [-0.1, -0.05) is 13.8 Å². The van der Waals surface area contributed by atoms with E-state index in [4.69, 9.17) is 0 Å². The molecule has 0 aromatic carbocycles. The predicted molar refractivity (Wildman–Crippen MR) is 79.4 cm³/mol. The minimum absolute atomic E-state index is 0.0446. The van der Waals surface area contributed by atoms with Gasteiger partial charge in [-0.15, -0.1) is 0 Å². The van der Waals surface area contributed by atoms with Gasteiger partial charge in [-0.3, -0.25) is 9.59 Å². The van der Waals surface area contributed by atoms with Gasteiger partial charge < -0.3 is 15.1 Å². The average molecular weight is 295 g/mol. The molecule has 21 heavy (non-hydrogen) atoms. The van der Waals surface area contributed by atoms with E-state index in [1.807, 2.05) is 25.7 Å². The highest BCUT2D eigenvalue weighted by Gasteiger charge is 2.36. The number of hydrogen-bond donors (Lipinski definition) is 2. The second kappa shape index (κ2) is 6.90. The van der Waals surface area contributed by atoms with Gasteiger partial charge in [-0.05, 0) is 19.8 Å². The van der Waals surface area contributed by atoms with Crippen LogP contribution in [0.5, 0.6) is 0 Å². The molecule has 2 amide bonds. The summed E-state index contributed by atoms with van der Waals surface area (Å²) < 4.78 is 0. The Morgan fingerprint density at radius 3 is 2.19 bits per heavy atom. The lowest BCUT2D eigenvalue weighted by Crippen LogP contribution is -3.19. The van der Waals surface area contributed by atoms with Crippen LogP contribution in [0.3, 0.4) is 0 Å². The molecule has 2 atom stereocenters. The number of quaternary nitrogens is 1. The number of carbonyl (C=O) groups is 2. The summed E-state index contributed by atoms with van der Waals surface area (Å²) in [5.41, 5.74) is -0.841. The Kier molecular flexibility index (Phi) is 5.73. The molecule has 1 heterocycles. The van der Waals surface area contributed by atoms with Crippen LogP contribution in [0.2, 0.25) is 0 Å². The summed E-state index contributed by atoms with van der Waals surface area (Å²) in [5, 5.41) is 12.1. The highest BCUT2D eigenvalue weighted by atomic mass is 16.2. The summed E-state index contributed by atoms with van der Waals surface area (Å²) in [6.07, 6.45) is 0. The first-order valence-corrected chi connectivity index (χ1v) is 7.54. The van der Waals surface area contributed by atoms with Crippen LogP contribution in [0.4, 0.5) is 0 Å². The number of amides is 2. The predicted octanol–water partition coefficient (Wildman–Crippen LogP) is -0.824. The smallest absolute Gasteiger partial charge is 0.279 e. The van der Waals surface area contributed by atoms with Gasteiger partial charge in [0.1, 0.15) is 5.54 Å². The van der Waals surface area contributed by atoms with E-state index in [2.05, 4.69) is 11.4 Å². The van der Waals surface area contributed by atoms with Crippen LogP contribution in [0, 0.1) is 17.2 Å². The monoisotopic (exact) mass is 295 g/mol. The van der Waals surface area contributed by atoms with Crippen molar-refractivity contribution in [2.24, 2.45) is 5.92 Å². The number of nitrogens with one attached hydrogen (secondary N) is 2. The van der Waals surface area contributed by atoms with E-state index < -0.39 is 5.54 Å². The summed E-state index contributed by atoms with van der Waals surface area (Å²) >= 11 is 0. The van der Waals surface area contributed by atoms with Crippen LogP contribution in [0.25, 0.3) is 0 Å². The minimum Gasteiger partial charge on any atom is -0.333 e. The summed E-state index contributed by atoms with van der Waals surface area (Å²) in [7, 11) is 0. The van der Waals surface area contributed by atoms with Crippen LogP contribution in [-0.2, 0) is 9.59 Å². The third-order valence-electron chi connectivity index (χ3n) is 4.63. The topological polar surface area (TPSA) is 77.6 Å². The van der Waals surface area contributed by atoms with Crippen molar-refractivity contribution in [2.45, 2.75) is 46.2 Å². The molecule has 118 valence electrons. The number of nitrogens with zero attached hydrogens (tertiary/aromatic N) is 2. The van der Waals surface area contributed by atoms with Crippen molar-refractivity contribution < 1.29 is 14.5 Å². The van der Waals surface area contributed by atoms with Crippen LogP contribution < -0.4 is 10.2 Å². The molecule has 0 aromatic rings. The van der Waals surface area contributed by atoms with Crippen molar-refractivity contribution in [1.82, 2.24) is 10.2 Å². The second-order valence-electron chi connectivity index (χ2n) is 6.34. The van der Waals surface area contributed by atoms with E-state index in [-0.39, 0.29) is 23.8 Å². The van der Waals surface area contributed by atoms with Gasteiger partial charge in [0.05, 0.1) is 32.2 Å². The Labute approximate surface area is 127 Å². The lowest BCUT2D eigenvalue weighted by atomic mass is 9.89. The molecule has 1 aliphatic rings. The second-order valence-corrected chi connectivity index (χ2v) is 6.34. The SMILES string of the molecule is CC(=O)N1CC[NH+]([C@H](C)C(=O)N[C@@](C)(C#N)C(C)C)CC1. The molecule has 0 bridgehead atoms. The number of rotatable bonds is 4. The fraction of sp³-hybridized carbons (Fsp3) is 0.800. The van der Waals surface area contributed by atoms with Crippen LogP contribution in [-0.4, -0.2) is 54.5 Å². The fourth-order valence-electron chi connectivity index (χ4n) is 2.39. The van der Waals surface area contributed by atoms with Gasteiger partial charge in [0.25, 0.3) is 5.91 Å². The molecule has 0 aliphatic carbocycles.